The number of benzene rings is 1. The summed E-state index contributed by atoms with van der Waals surface area (Å²) < 4.78 is 40.7. The van der Waals surface area contributed by atoms with Gasteiger partial charge in [-0.05, 0) is 24.6 Å². The van der Waals surface area contributed by atoms with Crippen molar-refractivity contribution in [2.24, 2.45) is 0 Å². The Morgan fingerprint density at radius 3 is 2.68 bits per heavy atom. The van der Waals surface area contributed by atoms with Crippen LogP contribution in [0.25, 0.3) is 0 Å². The van der Waals surface area contributed by atoms with E-state index >= 15 is 0 Å². The van der Waals surface area contributed by atoms with Gasteiger partial charge in [-0.25, -0.2) is 0 Å². The fraction of sp³-hybridized carbons (Fsp3) is 0.417. The van der Waals surface area contributed by atoms with Gasteiger partial charge in [0.2, 0.25) is 0 Å². The van der Waals surface area contributed by atoms with Crippen LogP contribution >= 0.6 is 11.6 Å². The molecule has 1 aromatic rings. The van der Waals surface area contributed by atoms with Crippen molar-refractivity contribution in [1.82, 2.24) is 5.32 Å². The molecule has 0 aromatic heterocycles. The van der Waals surface area contributed by atoms with Gasteiger partial charge in [-0.3, -0.25) is 4.79 Å². The van der Waals surface area contributed by atoms with Crippen molar-refractivity contribution >= 4 is 17.5 Å². The Kier molecular flexibility index (Phi) is 5.47. The van der Waals surface area contributed by atoms with Crippen LogP contribution < -0.4 is 10.1 Å². The second kappa shape index (κ2) is 6.65. The number of rotatable bonds is 5. The van der Waals surface area contributed by atoms with Crippen LogP contribution in [0.1, 0.15) is 23.2 Å². The van der Waals surface area contributed by atoms with Gasteiger partial charge in [-0.2, -0.15) is 13.2 Å². The van der Waals surface area contributed by atoms with Crippen LogP contribution in [-0.2, 0) is 0 Å². The lowest BCUT2D eigenvalue weighted by molar-refractivity contribution is -0.135. The van der Waals surface area contributed by atoms with Gasteiger partial charge in [0.1, 0.15) is 5.75 Å². The number of alkyl halides is 3. The zero-order valence-electron chi connectivity index (χ0n) is 10.2. The summed E-state index contributed by atoms with van der Waals surface area (Å²) in [5.41, 5.74) is 0.235. The Morgan fingerprint density at radius 2 is 2.11 bits per heavy atom. The topological polar surface area (TPSA) is 38.3 Å². The van der Waals surface area contributed by atoms with Gasteiger partial charge in [0.15, 0.2) is 0 Å². The SMILES string of the molecule is COc1cc(Cl)ccc1C(=O)NCCCC(F)(F)F. The largest absolute Gasteiger partial charge is 0.496 e. The Balaban J connectivity index is 2.54. The van der Waals surface area contributed by atoms with Crippen molar-refractivity contribution in [1.29, 1.82) is 0 Å². The maximum absolute atomic E-state index is 11.9. The zero-order chi connectivity index (χ0) is 14.5. The monoisotopic (exact) mass is 295 g/mol. The van der Waals surface area contributed by atoms with E-state index in [0.29, 0.717) is 5.02 Å². The maximum Gasteiger partial charge on any atom is 0.389 e. The van der Waals surface area contributed by atoms with Crippen molar-refractivity contribution in [3.8, 4) is 5.75 Å². The molecular formula is C12H13ClF3NO2. The van der Waals surface area contributed by atoms with Crippen LogP contribution in [-0.4, -0.2) is 25.7 Å². The summed E-state index contributed by atoms with van der Waals surface area (Å²) in [5, 5.41) is 2.81. The quantitative estimate of drug-likeness (QED) is 0.845. The molecule has 0 unspecified atom stereocenters. The van der Waals surface area contributed by atoms with E-state index in [1.807, 2.05) is 0 Å². The van der Waals surface area contributed by atoms with Crippen LogP contribution in [0.15, 0.2) is 18.2 Å². The standard InChI is InChI=1S/C12H13ClF3NO2/c1-19-10-7-8(13)3-4-9(10)11(18)17-6-2-5-12(14,15)16/h3-4,7H,2,5-6H2,1H3,(H,17,18). The van der Waals surface area contributed by atoms with Crippen molar-refractivity contribution in [3.05, 3.63) is 28.8 Å². The molecule has 0 saturated heterocycles. The molecule has 0 saturated carbocycles. The third-order valence-electron chi connectivity index (χ3n) is 2.33. The van der Waals surface area contributed by atoms with Gasteiger partial charge < -0.3 is 10.1 Å². The minimum Gasteiger partial charge on any atom is -0.496 e. The van der Waals surface area contributed by atoms with Crippen LogP contribution in [0.4, 0.5) is 13.2 Å². The molecule has 0 aliphatic heterocycles. The van der Waals surface area contributed by atoms with Crippen molar-refractivity contribution in [2.45, 2.75) is 19.0 Å². The number of halogens is 4. The number of ether oxygens (including phenoxy) is 1. The summed E-state index contributed by atoms with van der Waals surface area (Å²) in [6, 6.07) is 4.43. The number of carbonyl (C=O) groups excluding carboxylic acids is 1. The van der Waals surface area contributed by atoms with E-state index in [4.69, 9.17) is 16.3 Å². The predicted octanol–water partition coefficient (Wildman–Crippen LogP) is 3.42. The van der Waals surface area contributed by atoms with Crippen LogP contribution in [0, 0.1) is 0 Å². The van der Waals surface area contributed by atoms with Crippen molar-refractivity contribution < 1.29 is 22.7 Å². The first-order valence-corrected chi connectivity index (χ1v) is 5.90. The lowest BCUT2D eigenvalue weighted by Crippen LogP contribution is -2.26. The van der Waals surface area contributed by atoms with E-state index < -0.39 is 18.5 Å². The highest BCUT2D eigenvalue weighted by molar-refractivity contribution is 6.30. The number of methoxy groups -OCH3 is 1. The normalized spacial score (nSPS) is 11.2. The molecular weight excluding hydrogens is 283 g/mol. The second-order valence-corrected chi connectivity index (χ2v) is 4.26. The van der Waals surface area contributed by atoms with E-state index in [1.54, 1.807) is 0 Å². The van der Waals surface area contributed by atoms with E-state index in [2.05, 4.69) is 5.32 Å². The third-order valence-corrected chi connectivity index (χ3v) is 2.57. The molecule has 1 N–H and O–H groups in total. The maximum atomic E-state index is 11.9. The zero-order valence-corrected chi connectivity index (χ0v) is 10.9. The van der Waals surface area contributed by atoms with Gasteiger partial charge in [0, 0.05) is 18.0 Å². The molecule has 0 fully saturated rings. The van der Waals surface area contributed by atoms with E-state index in [9.17, 15) is 18.0 Å². The molecule has 1 amide bonds. The van der Waals surface area contributed by atoms with Gasteiger partial charge in [0.05, 0.1) is 12.7 Å². The lowest BCUT2D eigenvalue weighted by Gasteiger charge is -2.10. The fourth-order valence-corrected chi connectivity index (χ4v) is 1.60. The van der Waals surface area contributed by atoms with Crippen LogP contribution in [0.5, 0.6) is 5.75 Å². The third kappa shape index (κ3) is 5.38. The summed E-state index contributed by atoms with van der Waals surface area (Å²) >= 11 is 5.74. The van der Waals surface area contributed by atoms with Gasteiger partial charge >= 0.3 is 6.18 Å². The summed E-state index contributed by atoms with van der Waals surface area (Å²) in [5.74, 6) is -0.212. The molecule has 0 aliphatic rings. The minimum absolute atomic E-state index is 0.0515. The van der Waals surface area contributed by atoms with Gasteiger partial charge in [0.25, 0.3) is 5.91 Å². The number of amides is 1. The molecule has 1 aromatic carbocycles. The molecule has 0 atom stereocenters. The highest BCUT2D eigenvalue weighted by Crippen LogP contribution is 2.23. The smallest absolute Gasteiger partial charge is 0.389 e. The fourth-order valence-electron chi connectivity index (χ4n) is 1.44. The Bertz CT molecular complexity index is 449. The minimum atomic E-state index is -4.21. The molecule has 1 rings (SSSR count). The highest BCUT2D eigenvalue weighted by Gasteiger charge is 2.26. The molecule has 0 aliphatic carbocycles. The highest BCUT2D eigenvalue weighted by atomic mass is 35.5. The molecule has 0 spiro atoms. The van der Waals surface area contributed by atoms with Gasteiger partial charge in [-0.1, -0.05) is 11.6 Å². The first kappa shape index (κ1) is 15.6. The Morgan fingerprint density at radius 1 is 1.42 bits per heavy atom. The first-order chi connectivity index (χ1) is 8.83. The summed E-state index contributed by atoms with van der Waals surface area (Å²) in [7, 11) is 1.38. The average molecular weight is 296 g/mol. The molecule has 0 heterocycles. The summed E-state index contributed by atoms with van der Waals surface area (Å²) in [6.45, 7) is -0.0515. The second-order valence-electron chi connectivity index (χ2n) is 3.82. The van der Waals surface area contributed by atoms with E-state index in [-0.39, 0.29) is 24.3 Å². The van der Waals surface area contributed by atoms with Crippen LogP contribution in [0.2, 0.25) is 5.02 Å². The van der Waals surface area contributed by atoms with Gasteiger partial charge in [-0.15, -0.1) is 0 Å². The molecule has 3 nitrogen and oxygen atoms in total. The van der Waals surface area contributed by atoms with Crippen LogP contribution in [0.3, 0.4) is 0 Å². The van der Waals surface area contributed by atoms with E-state index in [0.717, 1.165) is 0 Å². The van der Waals surface area contributed by atoms with Crippen molar-refractivity contribution in [2.75, 3.05) is 13.7 Å². The molecule has 106 valence electrons. The van der Waals surface area contributed by atoms with Crippen molar-refractivity contribution in [3.63, 3.8) is 0 Å². The molecule has 0 bridgehead atoms. The lowest BCUT2D eigenvalue weighted by atomic mass is 10.2. The summed E-state index contributed by atoms with van der Waals surface area (Å²) in [6.07, 6.45) is -5.29. The average Bonchev–Trinajstić information content (AvgIpc) is 2.33. The Labute approximate surface area is 113 Å². The first-order valence-electron chi connectivity index (χ1n) is 5.52. The van der Waals surface area contributed by atoms with E-state index in [1.165, 1.54) is 25.3 Å². The molecule has 19 heavy (non-hydrogen) atoms. The predicted molar refractivity (Wildman–Crippen MR) is 65.6 cm³/mol. The summed E-state index contributed by atoms with van der Waals surface area (Å²) in [4.78, 5) is 11.7. The molecule has 7 heteroatoms. The Hall–Kier alpha value is -1.43. The number of hydrogen-bond acceptors (Lipinski definition) is 2. The number of nitrogens with one attached hydrogen (secondary N) is 1. The number of carbonyl (C=O) groups is 1. The number of hydrogen-bond donors (Lipinski definition) is 1. The molecule has 0 radical (unpaired) electrons.